The Labute approximate surface area is 180 Å². The fourth-order valence-corrected chi connectivity index (χ4v) is 4.47. The minimum atomic E-state index is -0.474. The molecule has 1 N–H and O–H groups in total. The van der Waals surface area contributed by atoms with Crippen LogP contribution in [0.2, 0.25) is 0 Å². The molecule has 6 nitrogen and oxygen atoms in total. The largest absolute Gasteiger partial charge is 0.326 e. The van der Waals surface area contributed by atoms with Crippen LogP contribution in [0.15, 0.2) is 36.4 Å². The summed E-state index contributed by atoms with van der Waals surface area (Å²) in [6.07, 6.45) is 2.87. The summed E-state index contributed by atoms with van der Waals surface area (Å²) >= 11 is 0. The average Bonchev–Trinajstić information content (AvgIpc) is 3.40. The van der Waals surface area contributed by atoms with E-state index in [0.717, 1.165) is 36.2 Å². The molecule has 5 rings (SSSR count). The van der Waals surface area contributed by atoms with Gasteiger partial charge < -0.3 is 15.1 Å². The van der Waals surface area contributed by atoms with Crippen LogP contribution >= 0.6 is 0 Å². The standard InChI is InChI=1S/C24H24FN3O3/c1-14-10-18(25)4-6-20(14)26-23(30)17-12-22(29)28(13-17)19-5-7-21-16(11-19)8-9-27(21)24(31)15-2-3-15/h4-7,10-11,15,17H,2-3,8-9,12-13H2,1H3,(H,26,30). The van der Waals surface area contributed by atoms with Gasteiger partial charge in [0.15, 0.2) is 0 Å². The van der Waals surface area contributed by atoms with Crippen molar-refractivity contribution in [1.29, 1.82) is 0 Å². The van der Waals surface area contributed by atoms with Crippen LogP contribution in [0.1, 0.15) is 30.4 Å². The van der Waals surface area contributed by atoms with Crippen LogP contribution in [0.25, 0.3) is 0 Å². The third kappa shape index (κ3) is 3.69. The van der Waals surface area contributed by atoms with Gasteiger partial charge in [0.05, 0.1) is 5.92 Å². The fraction of sp³-hybridized carbons (Fsp3) is 0.375. The number of nitrogens with zero attached hydrogens (tertiary/aromatic N) is 2. The van der Waals surface area contributed by atoms with Crippen molar-refractivity contribution in [1.82, 2.24) is 0 Å². The van der Waals surface area contributed by atoms with E-state index in [9.17, 15) is 18.8 Å². The lowest BCUT2D eigenvalue weighted by atomic mass is 10.1. The smallest absolute Gasteiger partial charge is 0.230 e. The minimum absolute atomic E-state index is 0.0974. The second-order valence-electron chi connectivity index (χ2n) is 8.68. The van der Waals surface area contributed by atoms with Gasteiger partial charge in [-0.25, -0.2) is 4.39 Å². The fourth-order valence-electron chi connectivity index (χ4n) is 4.47. The molecule has 2 aromatic carbocycles. The van der Waals surface area contributed by atoms with E-state index in [4.69, 9.17) is 0 Å². The lowest BCUT2D eigenvalue weighted by Gasteiger charge is -2.20. The highest BCUT2D eigenvalue weighted by Gasteiger charge is 2.38. The topological polar surface area (TPSA) is 69.7 Å². The van der Waals surface area contributed by atoms with E-state index >= 15 is 0 Å². The Hall–Kier alpha value is -3.22. The first-order chi connectivity index (χ1) is 14.9. The summed E-state index contributed by atoms with van der Waals surface area (Å²) in [6.45, 7) is 2.71. The molecule has 1 saturated carbocycles. The van der Waals surface area contributed by atoms with Crippen LogP contribution in [0.3, 0.4) is 0 Å². The highest BCUT2D eigenvalue weighted by Crippen LogP contribution is 2.38. The molecule has 1 saturated heterocycles. The van der Waals surface area contributed by atoms with E-state index in [1.807, 2.05) is 23.1 Å². The molecule has 0 aromatic heterocycles. The normalized spacial score (nSPS) is 20.2. The Balaban J connectivity index is 1.29. The Morgan fingerprint density at radius 3 is 2.65 bits per heavy atom. The van der Waals surface area contributed by atoms with Crippen molar-refractivity contribution in [3.8, 4) is 0 Å². The number of anilines is 3. The third-order valence-electron chi connectivity index (χ3n) is 6.41. The monoisotopic (exact) mass is 421 g/mol. The van der Waals surface area contributed by atoms with E-state index in [1.54, 1.807) is 11.8 Å². The molecule has 1 unspecified atom stereocenters. The number of fused-ring (bicyclic) bond motifs is 1. The van der Waals surface area contributed by atoms with Crippen LogP contribution < -0.4 is 15.1 Å². The van der Waals surface area contributed by atoms with Gasteiger partial charge in [-0.15, -0.1) is 0 Å². The quantitative estimate of drug-likeness (QED) is 0.822. The molecule has 2 aromatic rings. The maximum Gasteiger partial charge on any atom is 0.230 e. The predicted octanol–water partition coefficient (Wildman–Crippen LogP) is 3.42. The molecule has 160 valence electrons. The molecule has 2 aliphatic heterocycles. The van der Waals surface area contributed by atoms with Gasteiger partial charge in [0, 0.05) is 42.5 Å². The average molecular weight is 421 g/mol. The van der Waals surface area contributed by atoms with Crippen LogP contribution in [0.4, 0.5) is 21.5 Å². The van der Waals surface area contributed by atoms with Gasteiger partial charge in [-0.05, 0) is 73.7 Å². The molecule has 0 bridgehead atoms. The number of carbonyl (C=O) groups is 3. The zero-order chi connectivity index (χ0) is 21.7. The maximum absolute atomic E-state index is 13.3. The maximum atomic E-state index is 13.3. The number of hydrogen-bond donors (Lipinski definition) is 1. The van der Waals surface area contributed by atoms with Gasteiger partial charge in [0.1, 0.15) is 5.82 Å². The van der Waals surface area contributed by atoms with Gasteiger partial charge in [0.2, 0.25) is 17.7 Å². The number of aryl methyl sites for hydroxylation is 1. The zero-order valence-corrected chi connectivity index (χ0v) is 17.4. The Bertz CT molecular complexity index is 1100. The van der Waals surface area contributed by atoms with E-state index in [1.165, 1.54) is 18.2 Å². The number of halogens is 1. The summed E-state index contributed by atoms with van der Waals surface area (Å²) in [5, 5.41) is 2.82. The van der Waals surface area contributed by atoms with Crippen molar-refractivity contribution in [2.45, 2.75) is 32.6 Å². The molecular weight excluding hydrogens is 397 g/mol. The summed E-state index contributed by atoms with van der Waals surface area (Å²) in [4.78, 5) is 41.4. The summed E-state index contributed by atoms with van der Waals surface area (Å²) in [6, 6.07) is 9.95. The van der Waals surface area contributed by atoms with Crippen molar-refractivity contribution < 1.29 is 18.8 Å². The Morgan fingerprint density at radius 1 is 1.10 bits per heavy atom. The second kappa shape index (κ2) is 7.48. The van der Waals surface area contributed by atoms with Crippen molar-refractivity contribution in [2.75, 3.05) is 28.2 Å². The predicted molar refractivity (Wildman–Crippen MR) is 115 cm³/mol. The van der Waals surface area contributed by atoms with E-state index < -0.39 is 5.92 Å². The van der Waals surface area contributed by atoms with E-state index in [2.05, 4.69) is 5.32 Å². The lowest BCUT2D eigenvalue weighted by Crippen LogP contribution is -2.30. The number of amides is 3. The molecule has 3 aliphatic rings. The second-order valence-corrected chi connectivity index (χ2v) is 8.68. The number of hydrogen-bond acceptors (Lipinski definition) is 3. The Morgan fingerprint density at radius 2 is 1.90 bits per heavy atom. The highest BCUT2D eigenvalue weighted by molar-refractivity contribution is 6.04. The van der Waals surface area contributed by atoms with Crippen molar-refractivity contribution in [3.63, 3.8) is 0 Å². The summed E-state index contributed by atoms with van der Waals surface area (Å²) in [5.41, 5.74) is 3.95. The van der Waals surface area contributed by atoms with Crippen molar-refractivity contribution in [2.24, 2.45) is 11.8 Å². The molecule has 7 heteroatoms. The third-order valence-corrected chi connectivity index (χ3v) is 6.41. The first-order valence-electron chi connectivity index (χ1n) is 10.7. The van der Waals surface area contributed by atoms with Gasteiger partial charge in [-0.1, -0.05) is 0 Å². The molecule has 0 radical (unpaired) electrons. The van der Waals surface area contributed by atoms with Gasteiger partial charge in [-0.2, -0.15) is 0 Å². The Kier molecular flexibility index (Phi) is 4.76. The van der Waals surface area contributed by atoms with Crippen LogP contribution in [0, 0.1) is 24.6 Å². The van der Waals surface area contributed by atoms with Crippen molar-refractivity contribution >= 4 is 34.8 Å². The molecule has 3 amide bonds. The first-order valence-corrected chi connectivity index (χ1v) is 10.7. The molecule has 0 spiro atoms. The molecule has 2 fully saturated rings. The summed E-state index contributed by atoms with van der Waals surface area (Å²) in [5.74, 6) is -0.788. The summed E-state index contributed by atoms with van der Waals surface area (Å²) in [7, 11) is 0. The minimum Gasteiger partial charge on any atom is -0.326 e. The molecule has 1 atom stereocenters. The molecule has 1 aliphatic carbocycles. The van der Waals surface area contributed by atoms with E-state index in [-0.39, 0.29) is 35.9 Å². The number of benzene rings is 2. The van der Waals surface area contributed by atoms with Crippen molar-refractivity contribution in [3.05, 3.63) is 53.3 Å². The molecular formula is C24H24FN3O3. The SMILES string of the molecule is Cc1cc(F)ccc1NC(=O)C1CC(=O)N(c2ccc3c(c2)CCN3C(=O)C2CC2)C1. The van der Waals surface area contributed by atoms with Gasteiger partial charge in [-0.3, -0.25) is 14.4 Å². The molecule has 2 heterocycles. The van der Waals surface area contributed by atoms with E-state index in [0.29, 0.717) is 24.3 Å². The number of carbonyl (C=O) groups excluding carboxylic acids is 3. The zero-order valence-electron chi connectivity index (χ0n) is 17.4. The van der Waals surface area contributed by atoms with Gasteiger partial charge >= 0.3 is 0 Å². The number of nitrogens with one attached hydrogen (secondary N) is 1. The highest BCUT2D eigenvalue weighted by atomic mass is 19.1. The van der Waals surface area contributed by atoms with Gasteiger partial charge in [0.25, 0.3) is 0 Å². The lowest BCUT2D eigenvalue weighted by molar-refractivity contribution is -0.122. The molecule has 31 heavy (non-hydrogen) atoms. The first kappa shape index (κ1) is 19.7. The summed E-state index contributed by atoms with van der Waals surface area (Å²) < 4.78 is 13.3. The van der Waals surface area contributed by atoms with Crippen LogP contribution in [0.5, 0.6) is 0 Å². The van der Waals surface area contributed by atoms with Crippen LogP contribution in [-0.2, 0) is 20.8 Å². The number of rotatable bonds is 4. The van der Waals surface area contributed by atoms with Crippen LogP contribution in [-0.4, -0.2) is 30.8 Å².